The molecule has 1 amide bonds. The minimum Gasteiger partial charge on any atom is -0.452 e. The maximum atomic E-state index is 11.9. The molecule has 0 aliphatic heterocycles. The standard InChI is InChI=1S/C19H21NO3S/c1-3-15-4-7-17(8-5-15)14(2)20-18(21)12-23-19(22)9-6-16-10-11-24-13-16/h4-11,13-14H,3,12H2,1-2H3,(H,20,21)/b9-6+/t14-/m0/s1. The van der Waals surface area contributed by atoms with Gasteiger partial charge in [0, 0.05) is 6.08 Å². The Morgan fingerprint density at radius 3 is 2.62 bits per heavy atom. The Morgan fingerprint density at radius 1 is 1.25 bits per heavy atom. The summed E-state index contributed by atoms with van der Waals surface area (Å²) in [6.07, 6.45) is 3.97. The van der Waals surface area contributed by atoms with Crippen molar-refractivity contribution in [2.75, 3.05) is 6.61 Å². The number of aryl methyl sites for hydroxylation is 1. The smallest absolute Gasteiger partial charge is 0.331 e. The van der Waals surface area contributed by atoms with Crippen molar-refractivity contribution in [1.29, 1.82) is 0 Å². The normalized spacial score (nSPS) is 12.1. The lowest BCUT2D eigenvalue weighted by Crippen LogP contribution is -2.30. The quantitative estimate of drug-likeness (QED) is 0.615. The first-order valence-corrected chi connectivity index (χ1v) is 8.78. The van der Waals surface area contributed by atoms with Crippen LogP contribution in [-0.2, 0) is 20.7 Å². The highest BCUT2D eigenvalue weighted by molar-refractivity contribution is 7.08. The number of carbonyl (C=O) groups excluding carboxylic acids is 2. The SMILES string of the molecule is CCc1ccc([C@H](C)NC(=O)COC(=O)/C=C/c2ccsc2)cc1. The molecule has 5 heteroatoms. The number of thiophene rings is 1. The van der Waals surface area contributed by atoms with Crippen LogP contribution in [0.4, 0.5) is 0 Å². The second kappa shape index (κ2) is 9.03. The first-order chi connectivity index (χ1) is 11.6. The number of benzene rings is 1. The van der Waals surface area contributed by atoms with Gasteiger partial charge in [-0.3, -0.25) is 4.79 Å². The first-order valence-electron chi connectivity index (χ1n) is 7.83. The van der Waals surface area contributed by atoms with Crippen molar-refractivity contribution in [2.24, 2.45) is 0 Å². The Bertz CT molecular complexity index is 690. The molecule has 0 unspecified atom stereocenters. The second-order valence-electron chi connectivity index (χ2n) is 5.38. The van der Waals surface area contributed by atoms with Crippen molar-refractivity contribution in [1.82, 2.24) is 5.32 Å². The van der Waals surface area contributed by atoms with Crippen LogP contribution in [-0.4, -0.2) is 18.5 Å². The minimum absolute atomic E-state index is 0.136. The molecule has 2 aromatic rings. The fourth-order valence-corrected chi connectivity index (χ4v) is 2.76. The van der Waals surface area contributed by atoms with E-state index in [4.69, 9.17) is 4.74 Å². The van der Waals surface area contributed by atoms with E-state index in [0.717, 1.165) is 17.5 Å². The lowest BCUT2D eigenvalue weighted by atomic mass is 10.1. The third-order valence-electron chi connectivity index (χ3n) is 3.57. The van der Waals surface area contributed by atoms with Gasteiger partial charge in [0.25, 0.3) is 5.91 Å². The van der Waals surface area contributed by atoms with Crippen molar-refractivity contribution < 1.29 is 14.3 Å². The number of hydrogen-bond acceptors (Lipinski definition) is 4. The zero-order valence-corrected chi connectivity index (χ0v) is 14.6. The summed E-state index contributed by atoms with van der Waals surface area (Å²) >= 11 is 1.55. The number of nitrogens with one attached hydrogen (secondary N) is 1. The van der Waals surface area contributed by atoms with Gasteiger partial charge in [-0.1, -0.05) is 31.2 Å². The van der Waals surface area contributed by atoms with Gasteiger partial charge in [-0.05, 0) is 52.9 Å². The van der Waals surface area contributed by atoms with Crippen molar-refractivity contribution in [2.45, 2.75) is 26.3 Å². The van der Waals surface area contributed by atoms with Crippen LogP contribution in [0.15, 0.2) is 47.2 Å². The van der Waals surface area contributed by atoms with Crippen LogP contribution in [0.25, 0.3) is 6.08 Å². The zero-order valence-electron chi connectivity index (χ0n) is 13.8. The number of carbonyl (C=O) groups is 2. The summed E-state index contributed by atoms with van der Waals surface area (Å²) in [6, 6.07) is 9.86. The summed E-state index contributed by atoms with van der Waals surface area (Å²) in [5.74, 6) is -0.851. The molecule has 126 valence electrons. The van der Waals surface area contributed by atoms with Gasteiger partial charge >= 0.3 is 5.97 Å². The Labute approximate surface area is 146 Å². The van der Waals surface area contributed by atoms with E-state index in [1.807, 2.05) is 48.0 Å². The van der Waals surface area contributed by atoms with Crippen LogP contribution in [0.5, 0.6) is 0 Å². The molecule has 0 spiro atoms. The van der Waals surface area contributed by atoms with Crippen LogP contribution in [0.2, 0.25) is 0 Å². The fourth-order valence-electron chi connectivity index (χ4n) is 2.13. The largest absolute Gasteiger partial charge is 0.452 e. The highest BCUT2D eigenvalue weighted by Crippen LogP contribution is 2.13. The summed E-state index contributed by atoms with van der Waals surface area (Å²) in [4.78, 5) is 23.5. The predicted octanol–water partition coefficient (Wildman–Crippen LogP) is 3.74. The number of esters is 1. The number of amides is 1. The molecule has 1 aromatic heterocycles. The van der Waals surface area contributed by atoms with Crippen LogP contribution >= 0.6 is 11.3 Å². The minimum atomic E-state index is -0.531. The van der Waals surface area contributed by atoms with Crippen molar-refractivity contribution >= 4 is 29.3 Å². The highest BCUT2D eigenvalue weighted by atomic mass is 32.1. The number of hydrogen-bond donors (Lipinski definition) is 1. The van der Waals surface area contributed by atoms with Gasteiger partial charge in [0.2, 0.25) is 0 Å². The van der Waals surface area contributed by atoms with Gasteiger partial charge < -0.3 is 10.1 Å². The average Bonchev–Trinajstić information content (AvgIpc) is 3.11. The molecule has 0 radical (unpaired) electrons. The third kappa shape index (κ3) is 5.66. The molecule has 2 rings (SSSR count). The van der Waals surface area contributed by atoms with Gasteiger partial charge in [-0.15, -0.1) is 0 Å². The Hall–Kier alpha value is -2.40. The number of rotatable bonds is 7. The third-order valence-corrected chi connectivity index (χ3v) is 4.27. The van der Waals surface area contributed by atoms with Crippen LogP contribution in [0.3, 0.4) is 0 Å². The van der Waals surface area contributed by atoms with E-state index in [1.54, 1.807) is 17.4 Å². The molecule has 0 saturated heterocycles. The summed E-state index contributed by atoms with van der Waals surface area (Å²) in [5, 5.41) is 6.66. The topological polar surface area (TPSA) is 55.4 Å². The Kier molecular flexibility index (Phi) is 6.75. The van der Waals surface area contributed by atoms with E-state index in [0.29, 0.717) is 0 Å². The average molecular weight is 343 g/mol. The molecular formula is C19H21NO3S. The van der Waals surface area contributed by atoms with Crippen molar-refractivity contribution in [3.63, 3.8) is 0 Å². The number of ether oxygens (including phenoxy) is 1. The second-order valence-corrected chi connectivity index (χ2v) is 6.16. The molecule has 1 heterocycles. The van der Waals surface area contributed by atoms with E-state index in [-0.39, 0.29) is 18.6 Å². The molecule has 4 nitrogen and oxygen atoms in total. The molecule has 0 saturated carbocycles. The van der Waals surface area contributed by atoms with Crippen molar-refractivity contribution in [3.8, 4) is 0 Å². The van der Waals surface area contributed by atoms with Crippen LogP contribution in [0, 0.1) is 0 Å². The summed E-state index contributed by atoms with van der Waals surface area (Å²) < 4.78 is 4.94. The molecule has 0 aliphatic carbocycles. The van der Waals surface area contributed by atoms with E-state index < -0.39 is 5.97 Å². The zero-order chi connectivity index (χ0) is 17.4. The Balaban J connectivity index is 1.76. The first kappa shape index (κ1) is 17.9. The van der Waals surface area contributed by atoms with E-state index in [2.05, 4.69) is 12.2 Å². The van der Waals surface area contributed by atoms with E-state index >= 15 is 0 Å². The van der Waals surface area contributed by atoms with Gasteiger partial charge in [0.1, 0.15) is 0 Å². The maximum absolute atomic E-state index is 11.9. The van der Waals surface area contributed by atoms with E-state index in [1.165, 1.54) is 11.6 Å². The molecule has 0 aliphatic rings. The molecule has 1 atom stereocenters. The molecule has 24 heavy (non-hydrogen) atoms. The van der Waals surface area contributed by atoms with Gasteiger partial charge in [-0.2, -0.15) is 11.3 Å². The van der Waals surface area contributed by atoms with Gasteiger partial charge in [-0.25, -0.2) is 4.79 Å². The molecular weight excluding hydrogens is 322 g/mol. The van der Waals surface area contributed by atoms with Crippen LogP contribution < -0.4 is 5.32 Å². The van der Waals surface area contributed by atoms with Crippen LogP contribution in [0.1, 0.15) is 36.6 Å². The molecule has 1 N–H and O–H groups in total. The highest BCUT2D eigenvalue weighted by Gasteiger charge is 2.11. The lowest BCUT2D eigenvalue weighted by Gasteiger charge is -2.14. The van der Waals surface area contributed by atoms with Gasteiger partial charge in [0.05, 0.1) is 6.04 Å². The summed E-state index contributed by atoms with van der Waals surface area (Å²) in [5.41, 5.74) is 3.21. The molecule has 0 bridgehead atoms. The maximum Gasteiger partial charge on any atom is 0.331 e. The van der Waals surface area contributed by atoms with E-state index in [9.17, 15) is 9.59 Å². The van der Waals surface area contributed by atoms with Crippen molar-refractivity contribution in [3.05, 3.63) is 63.9 Å². The fraction of sp³-hybridized carbons (Fsp3) is 0.263. The Morgan fingerprint density at radius 2 is 2.00 bits per heavy atom. The molecule has 1 aromatic carbocycles. The summed E-state index contributed by atoms with van der Waals surface area (Å²) in [6.45, 7) is 3.71. The predicted molar refractivity (Wildman–Crippen MR) is 96.7 cm³/mol. The molecule has 0 fully saturated rings. The monoisotopic (exact) mass is 343 g/mol. The lowest BCUT2D eigenvalue weighted by molar-refractivity contribution is -0.144. The summed E-state index contributed by atoms with van der Waals surface area (Å²) in [7, 11) is 0. The van der Waals surface area contributed by atoms with Gasteiger partial charge in [0.15, 0.2) is 6.61 Å².